The van der Waals surface area contributed by atoms with E-state index in [0.29, 0.717) is 0 Å². The van der Waals surface area contributed by atoms with Gasteiger partial charge in [-0.25, -0.2) is 4.94 Å². The minimum atomic E-state index is -0.0874. The zero-order valence-corrected chi connectivity index (χ0v) is 9.00. The third-order valence-electron chi connectivity index (χ3n) is 2.73. The largest absolute Gasteiger partial charge is 0.328 e. The highest BCUT2D eigenvalue weighted by atomic mass is 16.8. The molecule has 1 aliphatic heterocycles. The molecule has 4 N–H and O–H groups in total. The van der Waals surface area contributed by atoms with Crippen LogP contribution in [0.2, 0.25) is 0 Å². The van der Waals surface area contributed by atoms with E-state index in [4.69, 9.17) is 16.6 Å². The van der Waals surface area contributed by atoms with Crippen LogP contribution in [0.25, 0.3) is 0 Å². The predicted molar refractivity (Wildman–Crippen MR) is 52.5 cm³/mol. The third-order valence-corrected chi connectivity index (χ3v) is 2.73. The number of rotatable bonds is 1. The number of hydroxylamine groups is 2. The van der Waals surface area contributed by atoms with Gasteiger partial charge in [-0.2, -0.15) is 11.0 Å². The van der Waals surface area contributed by atoms with Gasteiger partial charge in [0.2, 0.25) is 0 Å². The smallest absolute Gasteiger partial charge is 0.0446 e. The lowest BCUT2D eigenvalue weighted by molar-refractivity contribution is -0.286. The average molecular weight is 187 g/mol. The van der Waals surface area contributed by atoms with E-state index in [9.17, 15) is 0 Å². The Hall–Kier alpha value is -0.160. The summed E-state index contributed by atoms with van der Waals surface area (Å²) in [5.74, 6) is 5.29. The lowest BCUT2D eigenvalue weighted by Crippen LogP contribution is -2.63. The molecule has 1 saturated heterocycles. The Kier molecular flexibility index (Phi) is 2.69. The molecule has 1 heterocycles. The van der Waals surface area contributed by atoms with E-state index in [-0.39, 0.29) is 17.1 Å². The summed E-state index contributed by atoms with van der Waals surface area (Å²) in [6.45, 7) is 8.39. The Labute approximate surface area is 80.1 Å². The number of nitrogens with two attached hydrogens (primary N) is 2. The molecule has 78 valence electrons. The molecule has 0 aromatic heterocycles. The Bertz CT molecular complexity index is 173. The summed E-state index contributed by atoms with van der Waals surface area (Å²) in [6.07, 6.45) is 1.82. The van der Waals surface area contributed by atoms with Crippen LogP contribution in [0, 0.1) is 0 Å². The summed E-state index contributed by atoms with van der Waals surface area (Å²) >= 11 is 0. The number of hydrogen-bond donors (Lipinski definition) is 2. The van der Waals surface area contributed by atoms with E-state index < -0.39 is 0 Å². The SMILES string of the molecule is CC1(C)CC(N)CC(C)(C)N1ON. The first-order valence-electron chi connectivity index (χ1n) is 4.72. The van der Waals surface area contributed by atoms with E-state index in [0.717, 1.165) is 12.8 Å². The molecule has 0 aromatic rings. The Balaban J connectivity index is 2.88. The van der Waals surface area contributed by atoms with Crippen LogP contribution in [-0.4, -0.2) is 22.2 Å². The van der Waals surface area contributed by atoms with Crippen LogP contribution in [0.15, 0.2) is 0 Å². The molecule has 1 fully saturated rings. The van der Waals surface area contributed by atoms with Crippen molar-refractivity contribution in [3.63, 3.8) is 0 Å². The first-order chi connectivity index (χ1) is 5.79. The van der Waals surface area contributed by atoms with E-state index >= 15 is 0 Å². The van der Waals surface area contributed by atoms with Gasteiger partial charge >= 0.3 is 0 Å². The molecule has 0 bridgehead atoms. The second-order valence-corrected chi connectivity index (χ2v) is 5.19. The van der Waals surface area contributed by atoms with Crippen LogP contribution in [0.4, 0.5) is 0 Å². The second-order valence-electron chi connectivity index (χ2n) is 5.19. The minimum absolute atomic E-state index is 0.0874. The molecule has 0 aromatic carbocycles. The van der Waals surface area contributed by atoms with E-state index in [1.165, 1.54) is 0 Å². The Morgan fingerprint density at radius 3 is 1.85 bits per heavy atom. The zero-order valence-electron chi connectivity index (χ0n) is 9.00. The molecule has 0 amide bonds. The Morgan fingerprint density at radius 1 is 1.15 bits per heavy atom. The fourth-order valence-corrected chi connectivity index (χ4v) is 2.63. The molecule has 4 nitrogen and oxygen atoms in total. The van der Waals surface area contributed by atoms with Crippen LogP contribution in [0.5, 0.6) is 0 Å². The summed E-state index contributed by atoms with van der Waals surface area (Å²) in [6, 6.07) is 0.233. The van der Waals surface area contributed by atoms with Gasteiger partial charge < -0.3 is 5.73 Å². The summed E-state index contributed by atoms with van der Waals surface area (Å²) < 4.78 is 0. The number of piperidine rings is 1. The molecule has 13 heavy (non-hydrogen) atoms. The molecule has 0 unspecified atom stereocenters. The predicted octanol–water partition coefficient (Wildman–Crippen LogP) is 0.772. The van der Waals surface area contributed by atoms with E-state index in [1.54, 1.807) is 0 Å². The maximum atomic E-state index is 5.98. The van der Waals surface area contributed by atoms with Crippen LogP contribution in [0.1, 0.15) is 40.5 Å². The highest BCUT2D eigenvalue weighted by Gasteiger charge is 2.45. The maximum absolute atomic E-state index is 5.98. The fourth-order valence-electron chi connectivity index (χ4n) is 2.63. The Morgan fingerprint density at radius 2 is 1.54 bits per heavy atom. The van der Waals surface area contributed by atoms with Crippen molar-refractivity contribution in [3.05, 3.63) is 0 Å². The molecule has 0 spiro atoms. The topological polar surface area (TPSA) is 64.5 Å². The van der Waals surface area contributed by atoms with Gasteiger partial charge in [0, 0.05) is 17.1 Å². The number of nitrogens with zero attached hydrogens (tertiary/aromatic N) is 1. The highest BCUT2D eigenvalue weighted by molar-refractivity contribution is 4.97. The monoisotopic (exact) mass is 187 g/mol. The van der Waals surface area contributed by atoms with Crippen molar-refractivity contribution >= 4 is 0 Å². The minimum Gasteiger partial charge on any atom is -0.328 e. The quantitative estimate of drug-likeness (QED) is 0.595. The van der Waals surface area contributed by atoms with Gasteiger partial charge in [-0.3, -0.25) is 0 Å². The summed E-state index contributed by atoms with van der Waals surface area (Å²) in [5.41, 5.74) is 5.81. The van der Waals surface area contributed by atoms with Crippen molar-refractivity contribution in [1.29, 1.82) is 0 Å². The molecule has 1 rings (SSSR count). The van der Waals surface area contributed by atoms with Crippen molar-refractivity contribution in [2.24, 2.45) is 11.6 Å². The van der Waals surface area contributed by atoms with Crippen molar-refractivity contribution in [1.82, 2.24) is 5.06 Å². The van der Waals surface area contributed by atoms with Crippen LogP contribution < -0.4 is 11.6 Å². The molecule has 0 atom stereocenters. The van der Waals surface area contributed by atoms with Gasteiger partial charge in [0.05, 0.1) is 0 Å². The molecule has 4 heteroatoms. The van der Waals surface area contributed by atoms with Crippen molar-refractivity contribution in [2.45, 2.75) is 57.7 Å². The summed E-state index contributed by atoms with van der Waals surface area (Å²) in [4.78, 5) is 4.95. The van der Waals surface area contributed by atoms with Crippen LogP contribution in [-0.2, 0) is 4.94 Å². The standard InChI is InChI=1S/C9H21N3O/c1-8(2)5-7(10)6-9(3,4)12(8)13-11/h7H,5-6,10-11H2,1-4H3. The maximum Gasteiger partial charge on any atom is 0.0446 e. The van der Waals surface area contributed by atoms with Gasteiger partial charge in [0.15, 0.2) is 0 Å². The molecular formula is C9H21N3O. The second kappa shape index (κ2) is 3.20. The van der Waals surface area contributed by atoms with Gasteiger partial charge in [0.25, 0.3) is 0 Å². The van der Waals surface area contributed by atoms with Crippen LogP contribution in [0.3, 0.4) is 0 Å². The number of hydrogen-bond acceptors (Lipinski definition) is 4. The fraction of sp³-hybridized carbons (Fsp3) is 1.00. The summed E-state index contributed by atoms with van der Waals surface area (Å²) in [7, 11) is 0. The van der Waals surface area contributed by atoms with Gasteiger partial charge in [-0.1, -0.05) is 0 Å². The molecule has 1 aliphatic rings. The van der Waals surface area contributed by atoms with E-state index in [1.807, 2.05) is 5.06 Å². The van der Waals surface area contributed by atoms with Gasteiger partial charge in [-0.05, 0) is 40.5 Å². The van der Waals surface area contributed by atoms with Gasteiger partial charge in [-0.15, -0.1) is 0 Å². The van der Waals surface area contributed by atoms with Gasteiger partial charge in [0.1, 0.15) is 0 Å². The highest BCUT2D eigenvalue weighted by Crippen LogP contribution is 2.36. The zero-order chi connectivity index (χ0) is 10.3. The first-order valence-corrected chi connectivity index (χ1v) is 4.72. The molecular weight excluding hydrogens is 166 g/mol. The van der Waals surface area contributed by atoms with E-state index in [2.05, 4.69) is 27.7 Å². The average Bonchev–Trinajstić information content (AvgIpc) is 1.79. The molecule has 0 aliphatic carbocycles. The summed E-state index contributed by atoms with van der Waals surface area (Å²) in [5, 5.41) is 1.85. The molecule has 0 saturated carbocycles. The normalized spacial score (nSPS) is 29.1. The van der Waals surface area contributed by atoms with Crippen molar-refractivity contribution in [3.8, 4) is 0 Å². The van der Waals surface area contributed by atoms with Crippen molar-refractivity contribution < 1.29 is 4.94 Å². The lowest BCUT2D eigenvalue weighted by Gasteiger charge is -2.51. The lowest BCUT2D eigenvalue weighted by atomic mass is 9.79. The first kappa shape index (κ1) is 10.9. The third kappa shape index (κ3) is 2.02. The van der Waals surface area contributed by atoms with Crippen LogP contribution >= 0.6 is 0 Å². The molecule has 0 radical (unpaired) electrons. The van der Waals surface area contributed by atoms with Crippen molar-refractivity contribution in [2.75, 3.05) is 0 Å².